The summed E-state index contributed by atoms with van der Waals surface area (Å²) in [5.41, 5.74) is 0.846. The zero-order chi connectivity index (χ0) is 16.5. The molecular weight excluding hydrogens is 342 g/mol. The topological polar surface area (TPSA) is 87.9 Å². The van der Waals surface area contributed by atoms with Crippen molar-refractivity contribution in [3.63, 3.8) is 0 Å². The first-order valence-electron chi connectivity index (χ1n) is 7.66. The van der Waals surface area contributed by atoms with Gasteiger partial charge in [-0.05, 0) is 18.9 Å². The Hall–Kier alpha value is -0.700. The third kappa shape index (κ3) is 4.04. The number of halogens is 1. The molecule has 1 aliphatic carbocycles. The standard InChI is InChI=1S/C15H20ClNO5S/c16-12-6-2-1-5-11(12)14-13(7-10-20-23(17,18)19)21-15(22-14)8-3-4-9-15/h1-2,5-6,13-14H,3-4,7-10H2,(H2,17,18,19)/t13-,14-/m1/s1. The molecule has 2 aliphatic rings. The molecule has 23 heavy (non-hydrogen) atoms. The Kier molecular flexibility index (Phi) is 4.96. The summed E-state index contributed by atoms with van der Waals surface area (Å²) in [6, 6.07) is 7.45. The van der Waals surface area contributed by atoms with E-state index in [1.54, 1.807) is 6.07 Å². The van der Waals surface area contributed by atoms with E-state index in [4.69, 9.17) is 26.2 Å². The lowest BCUT2D eigenvalue weighted by Crippen LogP contribution is -2.27. The van der Waals surface area contributed by atoms with Gasteiger partial charge in [-0.1, -0.05) is 29.8 Å². The molecule has 1 heterocycles. The Morgan fingerprint density at radius 2 is 1.96 bits per heavy atom. The second-order valence-corrected chi connectivity index (χ2v) is 7.57. The van der Waals surface area contributed by atoms with Crippen LogP contribution in [0.5, 0.6) is 0 Å². The molecule has 128 valence electrons. The van der Waals surface area contributed by atoms with E-state index < -0.39 is 16.1 Å². The molecule has 1 aromatic rings. The van der Waals surface area contributed by atoms with Crippen LogP contribution < -0.4 is 5.14 Å². The molecule has 1 aliphatic heterocycles. The summed E-state index contributed by atoms with van der Waals surface area (Å²) in [7, 11) is -3.96. The minimum absolute atomic E-state index is 0.0517. The van der Waals surface area contributed by atoms with Crippen molar-refractivity contribution in [2.45, 2.75) is 50.1 Å². The normalized spacial score (nSPS) is 26.9. The van der Waals surface area contributed by atoms with Crippen molar-refractivity contribution in [3.05, 3.63) is 34.9 Å². The van der Waals surface area contributed by atoms with E-state index in [0.29, 0.717) is 11.4 Å². The van der Waals surface area contributed by atoms with Crippen molar-refractivity contribution in [2.24, 2.45) is 5.14 Å². The first-order valence-corrected chi connectivity index (χ1v) is 9.51. The van der Waals surface area contributed by atoms with Gasteiger partial charge in [-0.2, -0.15) is 8.42 Å². The van der Waals surface area contributed by atoms with Crippen LogP contribution in [0.1, 0.15) is 43.8 Å². The van der Waals surface area contributed by atoms with Crippen molar-refractivity contribution in [2.75, 3.05) is 6.61 Å². The quantitative estimate of drug-likeness (QED) is 0.871. The summed E-state index contributed by atoms with van der Waals surface area (Å²) in [6.45, 7) is -0.0517. The smallest absolute Gasteiger partial charge is 0.333 e. The second kappa shape index (κ2) is 6.66. The number of hydrogen-bond donors (Lipinski definition) is 1. The number of hydrogen-bond acceptors (Lipinski definition) is 5. The van der Waals surface area contributed by atoms with Crippen molar-refractivity contribution in [1.82, 2.24) is 0 Å². The SMILES string of the molecule is NS(=O)(=O)OCC[C@H]1OC2(CCCC2)O[C@@H]1c1ccccc1Cl. The van der Waals surface area contributed by atoms with Gasteiger partial charge in [-0.3, -0.25) is 4.18 Å². The van der Waals surface area contributed by atoms with Crippen LogP contribution in [0, 0.1) is 0 Å². The highest BCUT2D eigenvalue weighted by molar-refractivity contribution is 7.84. The maximum Gasteiger partial charge on any atom is 0.333 e. The molecule has 1 saturated carbocycles. The number of rotatable bonds is 5. The molecule has 1 aromatic carbocycles. The van der Waals surface area contributed by atoms with Crippen LogP contribution >= 0.6 is 11.6 Å². The monoisotopic (exact) mass is 361 g/mol. The molecule has 1 spiro atoms. The minimum atomic E-state index is -3.96. The van der Waals surface area contributed by atoms with Gasteiger partial charge in [-0.25, -0.2) is 5.14 Å². The third-order valence-electron chi connectivity index (χ3n) is 4.27. The maximum absolute atomic E-state index is 10.9. The van der Waals surface area contributed by atoms with Crippen molar-refractivity contribution >= 4 is 21.9 Å². The van der Waals surface area contributed by atoms with Crippen LogP contribution in [0.4, 0.5) is 0 Å². The van der Waals surface area contributed by atoms with E-state index in [0.717, 1.165) is 31.2 Å². The molecule has 0 unspecified atom stereocenters. The van der Waals surface area contributed by atoms with Crippen LogP contribution in [0.3, 0.4) is 0 Å². The molecular formula is C15H20ClNO5S. The lowest BCUT2D eigenvalue weighted by molar-refractivity contribution is -0.170. The van der Waals surface area contributed by atoms with E-state index in [9.17, 15) is 8.42 Å². The van der Waals surface area contributed by atoms with E-state index >= 15 is 0 Å². The van der Waals surface area contributed by atoms with E-state index in [2.05, 4.69) is 4.18 Å². The first kappa shape index (κ1) is 17.1. The molecule has 3 rings (SSSR count). The van der Waals surface area contributed by atoms with Gasteiger partial charge in [0, 0.05) is 29.8 Å². The van der Waals surface area contributed by atoms with Crippen molar-refractivity contribution < 1.29 is 22.1 Å². The largest absolute Gasteiger partial charge is 0.344 e. The molecule has 8 heteroatoms. The predicted molar refractivity (Wildman–Crippen MR) is 85.0 cm³/mol. The van der Waals surface area contributed by atoms with E-state index in [1.165, 1.54) is 0 Å². The Bertz CT molecular complexity index is 660. The molecule has 2 fully saturated rings. The van der Waals surface area contributed by atoms with Gasteiger partial charge in [-0.15, -0.1) is 0 Å². The zero-order valence-corrected chi connectivity index (χ0v) is 14.2. The van der Waals surface area contributed by atoms with Gasteiger partial charge in [0.15, 0.2) is 5.79 Å². The van der Waals surface area contributed by atoms with Crippen LogP contribution in [0.25, 0.3) is 0 Å². The highest BCUT2D eigenvalue weighted by atomic mass is 35.5. The number of benzene rings is 1. The summed E-state index contributed by atoms with van der Waals surface area (Å²) >= 11 is 6.29. The summed E-state index contributed by atoms with van der Waals surface area (Å²) in [4.78, 5) is 0. The van der Waals surface area contributed by atoms with Crippen LogP contribution in [-0.4, -0.2) is 26.9 Å². The fraction of sp³-hybridized carbons (Fsp3) is 0.600. The summed E-state index contributed by atoms with van der Waals surface area (Å²) in [5.74, 6) is -0.587. The Balaban J connectivity index is 1.77. The maximum atomic E-state index is 10.9. The number of ether oxygens (including phenoxy) is 2. The molecule has 0 bridgehead atoms. The Morgan fingerprint density at radius 1 is 1.26 bits per heavy atom. The zero-order valence-electron chi connectivity index (χ0n) is 12.6. The van der Waals surface area contributed by atoms with E-state index in [-0.39, 0.29) is 18.8 Å². The summed E-state index contributed by atoms with van der Waals surface area (Å²) in [5, 5.41) is 5.47. The van der Waals surface area contributed by atoms with Gasteiger partial charge in [0.25, 0.3) is 0 Å². The molecule has 0 radical (unpaired) electrons. The van der Waals surface area contributed by atoms with Crippen LogP contribution in [0.15, 0.2) is 24.3 Å². The Labute approximate surface area is 141 Å². The molecule has 2 atom stereocenters. The molecule has 0 aromatic heterocycles. The van der Waals surface area contributed by atoms with Crippen LogP contribution in [-0.2, 0) is 24.0 Å². The fourth-order valence-corrected chi connectivity index (χ4v) is 3.85. The van der Waals surface area contributed by atoms with Gasteiger partial charge >= 0.3 is 10.3 Å². The lowest BCUT2D eigenvalue weighted by atomic mass is 10.0. The molecule has 1 saturated heterocycles. The van der Waals surface area contributed by atoms with Gasteiger partial charge in [0.05, 0.1) is 12.7 Å². The van der Waals surface area contributed by atoms with Crippen molar-refractivity contribution in [1.29, 1.82) is 0 Å². The highest BCUT2D eigenvalue weighted by Crippen LogP contribution is 2.48. The lowest BCUT2D eigenvalue weighted by Gasteiger charge is -2.22. The summed E-state index contributed by atoms with van der Waals surface area (Å²) in [6.07, 6.45) is 3.46. The number of nitrogens with two attached hydrogens (primary N) is 1. The molecule has 6 nitrogen and oxygen atoms in total. The second-order valence-electron chi connectivity index (χ2n) is 5.94. The first-order chi connectivity index (χ1) is 10.9. The van der Waals surface area contributed by atoms with Crippen LogP contribution in [0.2, 0.25) is 5.02 Å². The average molecular weight is 362 g/mol. The van der Waals surface area contributed by atoms with Gasteiger partial charge in [0.1, 0.15) is 6.10 Å². The molecule has 2 N–H and O–H groups in total. The van der Waals surface area contributed by atoms with E-state index in [1.807, 2.05) is 18.2 Å². The predicted octanol–water partition coefficient (Wildman–Crippen LogP) is 2.68. The highest BCUT2D eigenvalue weighted by Gasteiger charge is 2.49. The van der Waals surface area contributed by atoms with Gasteiger partial charge in [0.2, 0.25) is 0 Å². The fourth-order valence-electron chi connectivity index (χ4n) is 3.28. The Morgan fingerprint density at radius 3 is 2.61 bits per heavy atom. The van der Waals surface area contributed by atoms with Gasteiger partial charge < -0.3 is 9.47 Å². The third-order valence-corrected chi connectivity index (χ3v) is 5.11. The minimum Gasteiger partial charge on any atom is -0.344 e. The summed E-state index contributed by atoms with van der Waals surface area (Å²) < 4.78 is 38.9. The van der Waals surface area contributed by atoms with Crippen molar-refractivity contribution in [3.8, 4) is 0 Å². The average Bonchev–Trinajstić information content (AvgIpc) is 3.06. The molecule has 0 amide bonds.